The van der Waals surface area contributed by atoms with Crippen LogP contribution in [-0.2, 0) is 12.8 Å². The average Bonchev–Trinajstić information content (AvgIpc) is 2.57. The molecule has 0 saturated carbocycles. The molecule has 3 rings (SSSR count). The quantitative estimate of drug-likeness (QED) is 0.478. The summed E-state index contributed by atoms with van der Waals surface area (Å²) in [6, 6.07) is 6.19. The Hall–Kier alpha value is -1.68. The van der Waals surface area contributed by atoms with Crippen molar-refractivity contribution in [2.45, 2.75) is 51.6 Å². The highest BCUT2D eigenvalue weighted by atomic mass is 32.2. The molecule has 1 aromatic carbocycles. The van der Waals surface area contributed by atoms with Crippen LogP contribution in [0, 0.1) is 20.8 Å². The maximum atomic E-state index is 12.5. The average molecular weight is 326 g/mol. The number of ketones is 1. The summed E-state index contributed by atoms with van der Waals surface area (Å²) in [6.45, 7) is 6.00. The van der Waals surface area contributed by atoms with E-state index in [1.165, 1.54) is 35.7 Å². The maximum absolute atomic E-state index is 12.5. The normalized spacial score (nSPS) is 13.7. The van der Waals surface area contributed by atoms with Crippen molar-refractivity contribution in [2.24, 2.45) is 0 Å². The van der Waals surface area contributed by atoms with Crippen molar-refractivity contribution in [3.05, 3.63) is 51.8 Å². The third-order valence-electron chi connectivity index (χ3n) is 4.61. The predicted octanol–water partition coefficient (Wildman–Crippen LogP) is 4.26. The Labute approximate surface area is 141 Å². The molecular formula is C19H22N2OS. The third kappa shape index (κ3) is 3.63. The summed E-state index contributed by atoms with van der Waals surface area (Å²) in [7, 11) is 0. The van der Waals surface area contributed by atoms with Gasteiger partial charge in [-0.25, -0.2) is 9.97 Å². The molecule has 0 fully saturated rings. The Morgan fingerprint density at radius 1 is 1.04 bits per heavy atom. The summed E-state index contributed by atoms with van der Waals surface area (Å²) in [5, 5.41) is 0.692. The van der Waals surface area contributed by atoms with Crippen LogP contribution in [0.2, 0.25) is 0 Å². The summed E-state index contributed by atoms with van der Waals surface area (Å²) in [4.78, 5) is 21.4. The first-order valence-corrected chi connectivity index (χ1v) is 9.13. The molecule has 0 saturated heterocycles. The minimum Gasteiger partial charge on any atom is -0.293 e. The zero-order chi connectivity index (χ0) is 16.4. The van der Waals surface area contributed by atoms with Crippen LogP contribution in [0.5, 0.6) is 0 Å². The smallest absolute Gasteiger partial charge is 0.188 e. The molecule has 0 aliphatic heterocycles. The first kappa shape index (κ1) is 16.2. The van der Waals surface area contributed by atoms with E-state index in [9.17, 15) is 4.79 Å². The van der Waals surface area contributed by atoms with Gasteiger partial charge in [0.05, 0.1) is 5.75 Å². The van der Waals surface area contributed by atoms with E-state index in [0.717, 1.165) is 35.4 Å². The van der Waals surface area contributed by atoms with E-state index in [1.54, 1.807) is 0 Å². The number of carbonyl (C=O) groups excluding carboxylic acids is 1. The van der Waals surface area contributed by atoms with E-state index in [4.69, 9.17) is 0 Å². The summed E-state index contributed by atoms with van der Waals surface area (Å²) < 4.78 is 0. The fourth-order valence-corrected chi connectivity index (χ4v) is 3.76. The lowest BCUT2D eigenvalue weighted by Gasteiger charge is -2.16. The molecule has 0 radical (unpaired) electrons. The van der Waals surface area contributed by atoms with Crippen molar-refractivity contribution in [1.82, 2.24) is 9.97 Å². The molecule has 0 amide bonds. The summed E-state index contributed by atoms with van der Waals surface area (Å²) in [5.41, 5.74) is 6.68. The van der Waals surface area contributed by atoms with Gasteiger partial charge in [-0.1, -0.05) is 23.9 Å². The van der Waals surface area contributed by atoms with Gasteiger partial charge < -0.3 is 0 Å². The Bertz CT molecular complexity index is 732. The Morgan fingerprint density at radius 3 is 2.39 bits per heavy atom. The highest BCUT2D eigenvalue weighted by molar-refractivity contribution is 7.99. The fourth-order valence-electron chi connectivity index (χ4n) is 2.93. The van der Waals surface area contributed by atoms with Gasteiger partial charge in [-0.15, -0.1) is 0 Å². The van der Waals surface area contributed by atoms with E-state index in [2.05, 4.69) is 22.1 Å². The van der Waals surface area contributed by atoms with Crippen LogP contribution in [0.3, 0.4) is 0 Å². The molecule has 2 aromatic rings. The number of thioether (sulfide) groups is 1. The molecule has 23 heavy (non-hydrogen) atoms. The van der Waals surface area contributed by atoms with Crippen LogP contribution >= 0.6 is 11.8 Å². The van der Waals surface area contributed by atoms with Crippen LogP contribution in [-0.4, -0.2) is 21.5 Å². The monoisotopic (exact) mass is 326 g/mol. The van der Waals surface area contributed by atoms with E-state index in [-0.39, 0.29) is 5.78 Å². The zero-order valence-electron chi connectivity index (χ0n) is 14.0. The van der Waals surface area contributed by atoms with Gasteiger partial charge in [0.1, 0.15) is 0 Å². The Kier molecular flexibility index (Phi) is 4.81. The van der Waals surface area contributed by atoms with Gasteiger partial charge in [-0.2, -0.15) is 0 Å². The van der Waals surface area contributed by atoms with Gasteiger partial charge in [0, 0.05) is 17.0 Å². The van der Waals surface area contributed by atoms with Crippen LogP contribution in [0.4, 0.5) is 0 Å². The lowest BCUT2D eigenvalue weighted by molar-refractivity contribution is 0.102. The van der Waals surface area contributed by atoms with Gasteiger partial charge in [-0.3, -0.25) is 4.79 Å². The largest absolute Gasteiger partial charge is 0.293 e. The molecule has 1 aromatic heterocycles. The molecule has 0 unspecified atom stereocenters. The zero-order valence-corrected chi connectivity index (χ0v) is 14.8. The maximum Gasteiger partial charge on any atom is 0.188 e. The highest BCUT2D eigenvalue weighted by Crippen LogP contribution is 2.24. The molecule has 0 N–H and O–H groups in total. The minimum atomic E-state index is 0.155. The first-order valence-electron chi connectivity index (χ1n) is 8.14. The van der Waals surface area contributed by atoms with Gasteiger partial charge in [-0.05, 0) is 69.2 Å². The van der Waals surface area contributed by atoms with Gasteiger partial charge in [0.15, 0.2) is 10.9 Å². The van der Waals surface area contributed by atoms with Crippen LogP contribution in [0.15, 0.2) is 23.4 Å². The van der Waals surface area contributed by atoms with Crippen molar-refractivity contribution in [1.29, 1.82) is 0 Å². The number of aromatic nitrogens is 2. The number of fused-ring (bicyclic) bond motifs is 1. The summed E-state index contributed by atoms with van der Waals surface area (Å²) in [6.07, 6.45) is 4.74. The second kappa shape index (κ2) is 6.83. The SMILES string of the molecule is Cc1nc(SCC(=O)c2ccc3c(c2)CCCC3)nc(C)c1C. The molecule has 1 aliphatic carbocycles. The van der Waals surface area contributed by atoms with E-state index in [1.807, 2.05) is 26.8 Å². The fraction of sp³-hybridized carbons (Fsp3) is 0.421. The van der Waals surface area contributed by atoms with Crippen LogP contribution < -0.4 is 0 Å². The first-order chi connectivity index (χ1) is 11.0. The van der Waals surface area contributed by atoms with Crippen molar-refractivity contribution in [3.63, 3.8) is 0 Å². The van der Waals surface area contributed by atoms with Crippen molar-refractivity contribution in [3.8, 4) is 0 Å². The van der Waals surface area contributed by atoms with Crippen molar-refractivity contribution in [2.75, 3.05) is 5.75 Å². The van der Waals surface area contributed by atoms with Gasteiger partial charge in [0.2, 0.25) is 0 Å². The van der Waals surface area contributed by atoms with Gasteiger partial charge in [0.25, 0.3) is 0 Å². The number of Topliss-reactive ketones (excluding diaryl/α,β-unsaturated/α-hetero) is 1. The molecule has 1 heterocycles. The predicted molar refractivity (Wildman–Crippen MR) is 94.4 cm³/mol. The lowest BCUT2D eigenvalue weighted by atomic mass is 9.90. The van der Waals surface area contributed by atoms with E-state index >= 15 is 0 Å². The summed E-state index contributed by atoms with van der Waals surface area (Å²) >= 11 is 1.43. The number of rotatable bonds is 4. The lowest BCUT2D eigenvalue weighted by Crippen LogP contribution is -2.08. The number of aryl methyl sites for hydroxylation is 4. The Balaban J connectivity index is 1.70. The standard InChI is InChI=1S/C19H22N2OS/c1-12-13(2)20-19(21-14(12)3)23-11-18(22)17-9-8-15-6-4-5-7-16(15)10-17/h8-10H,4-7,11H2,1-3H3. The van der Waals surface area contributed by atoms with Crippen LogP contribution in [0.25, 0.3) is 0 Å². The van der Waals surface area contributed by atoms with E-state index < -0.39 is 0 Å². The molecule has 4 heteroatoms. The number of benzene rings is 1. The van der Waals surface area contributed by atoms with Crippen molar-refractivity contribution >= 4 is 17.5 Å². The molecule has 120 valence electrons. The van der Waals surface area contributed by atoms with Crippen LogP contribution in [0.1, 0.15) is 51.3 Å². The molecule has 0 bridgehead atoms. The molecule has 1 aliphatic rings. The number of carbonyl (C=O) groups is 1. The Morgan fingerprint density at radius 2 is 1.70 bits per heavy atom. The number of hydrogen-bond acceptors (Lipinski definition) is 4. The second-order valence-corrected chi connectivity index (χ2v) is 7.15. The second-order valence-electron chi connectivity index (χ2n) is 6.20. The molecule has 0 atom stereocenters. The molecule has 3 nitrogen and oxygen atoms in total. The molecular weight excluding hydrogens is 304 g/mol. The number of nitrogens with zero attached hydrogens (tertiary/aromatic N) is 2. The minimum absolute atomic E-state index is 0.155. The highest BCUT2D eigenvalue weighted by Gasteiger charge is 2.14. The van der Waals surface area contributed by atoms with E-state index in [0.29, 0.717) is 10.9 Å². The number of hydrogen-bond donors (Lipinski definition) is 0. The van der Waals surface area contributed by atoms with Gasteiger partial charge >= 0.3 is 0 Å². The summed E-state index contributed by atoms with van der Waals surface area (Å²) in [5.74, 6) is 0.545. The molecule has 0 spiro atoms. The van der Waals surface area contributed by atoms with Crippen molar-refractivity contribution < 1.29 is 4.79 Å². The topological polar surface area (TPSA) is 42.9 Å². The third-order valence-corrected chi connectivity index (χ3v) is 5.46.